The van der Waals surface area contributed by atoms with Gasteiger partial charge in [0, 0.05) is 23.8 Å². The van der Waals surface area contributed by atoms with E-state index in [1.165, 1.54) is 6.92 Å². The zero-order valence-corrected chi connectivity index (χ0v) is 13.9. The largest absolute Gasteiger partial charge is 0.369 e. The van der Waals surface area contributed by atoms with E-state index in [1.54, 1.807) is 6.92 Å². The van der Waals surface area contributed by atoms with E-state index in [9.17, 15) is 18.4 Å². The summed E-state index contributed by atoms with van der Waals surface area (Å²) in [6.07, 6.45) is 1.69. The average molecular weight is 343 g/mol. The van der Waals surface area contributed by atoms with Crippen molar-refractivity contribution in [2.45, 2.75) is 45.7 Å². The summed E-state index contributed by atoms with van der Waals surface area (Å²) in [5, 5.41) is 6.69. The molecule has 0 bridgehead atoms. The second kappa shape index (κ2) is 7.69. The Morgan fingerprint density at radius 1 is 1.42 bits per heavy atom. The first-order valence-electron chi connectivity index (χ1n) is 7.90. The lowest BCUT2D eigenvalue weighted by atomic mass is 10.0. The summed E-state index contributed by atoms with van der Waals surface area (Å²) >= 11 is 0. The molecule has 0 aromatic carbocycles. The van der Waals surface area contributed by atoms with Crippen LogP contribution in [0.3, 0.4) is 0 Å². The SMILES string of the molecule is Cc1nn(C(F)F)c(C)c1CC(=O)NC1CCCN(CC(N)=O)C1. The van der Waals surface area contributed by atoms with E-state index in [1.807, 2.05) is 4.90 Å². The Morgan fingerprint density at radius 3 is 2.71 bits per heavy atom. The van der Waals surface area contributed by atoms with Crippen LogP contribution in [0.1, 0.15) is 36.3 Å². The highest BCUT2D eigenvalue weighted by Crippen LogP contribution is 2.20. The highest BCUT2D eigenvalue weighted by atomic mass is 19.3. The van der Waals surface area contributed by atoms with Gasteiger partial charge >= 0.3 is 6.55 Å². The number of carbonyl (C=O) groups excluding carboxylic acids is 2. The molecule has 1 saturated heterocycles. The molecule has 3 N–H and O–H groups in total. The van der Waals surface area contributed by atoms with Crippen LogP contribution < -0.4 is 11.1 Å². The summed E-state index contributed by atoms with van der Waals surface area (Å²) in [5.41, 5.74) is 6.45. The van der Waals surface area contributed by atoms with Gasteiger partial charge < -0.3 is 11.1 Å². The Bertz CT molecular complexity index is 617. The minimum atomic E-state index is -2.72. The number of nitrogens with two attached hydrogens (primary N) is 1. The summed E-state index contributed by atoms with van der Waals surface area (Å²) < 4.78 is 26.3. The molecule has 0 spiro atoms. The fourth-order valence-corrected chi connectivity index (χ4v) is 3.12. The Hall–Kier alpha value is -2.03. The number of amides is 2. The molecule has 1 unspecified atom stereocenters. The van der Waals surface area contributed by atoms with Gasteiger partial charge in [0.15, 0.2) is 0 Å². The van der Waals surface area contributed by atoms with E-state index in [2.05, 4.69) is 10.4 Å². The predicted octanol–water partition coefficient (Wildman–Crippen LogP) is 0.503. The molecule has 9 heteroatoms. The van der Waals surface area contributed by atoms with Crippen molar-refractivity contribution in [3.8, 4) is 0 Å². The minimum absolute atomic E-state index is 0.0106. The quantitative estimate of drug-likeness (QED) is 0.787. The second-order valence-electron chi connectivity index (χ2n) is 6.16. The molecule has 1 fully saturated rings. The fourth-order valence-electron chi connectivity index (χ4n) is 3.12. The van der Waals surface area contributed by atoms with Crippen LogP contribution in [-0.2, 0) is 16.0 Å². The van der Waals surface area contributed by atoms with Gasteiger partial charge in [-0.25, -0.2) is 4.68 Å². The van der Waals surface area contributed by atoms with Crippen molar-refractivity contribution in [3.05, 3.63) is 17.0 Å². The lowest BCUT2D eigenvalue weighted by molar-refractivity contribution is -0.121. The van der Waals surface area contributed by atoms with Crippen molar-refractivity contribution in [1.29, 1.82) is 0 Å². The number of primary amides is 1. The Balaban J connectivity index is 1.95. The number of hydrogen-bond acceptors (Lipinski definition) is 4. The van der Waals surface area contributed by atoms with Crippen molar-refractivity contribution >= 4 is 11.8 Å². The van der Waals surface area contributed by atoms with Gasteiger partial charge in [-0.15, -0.1) is 0 Å². The number of likely N-dealkylation sites (tertiary alicyclic amines) is 1. The Labute approximate surface area is 139 Å². The zero-order chi connectivity index (χ0) is 17.9. The van der Waals surface area contributed by atoms with Gasteiger partial charge in [0.1, 0.15) is 0 Å². The van der Waals surface area contributed by atoms with Crippen LogP contribution in [0.4, 0.5) is 8.78 Å². The smallest absolute Gasteiger partial charge is 0.333 e. The molecule has 1 aliphatic heterocycles. The summed E-state index contributed by atoms with van der Waals surface area (Å²) in [5.74, 6) is -0.631. The molecular formula is C15H23F2N5O2. The van der Waals surface area contributed by atoms with Crippen LogP contribution in [0.15, 0.2) is 0 Å². The molecule has 1 aromatic heterocycles. The van der Waals surface area contributed by atoms with Crippen LogP contribution >= 0.6 is 0 Å². The summed E-state index contributed by atoms with van der Waals surface area (Å²) in [7, 11) is 0. The third-order valence-electron chi connectivity index (χ3n) is 4.25. The highest BCUT2D eigenvalue weighted by molar-refractivity contribution is 5.79. The molecule has 1 aliphatic rings. The number of aromatic nitrogens is 2. The number of aryl methyl sites for hydroxylation is 1. The predicted molar refractivity (Wildman–Crippen MR) is 83.5 cm³/mol. The average Bonchev–Trinajstić information content (AvgIpc) is 2.75. The lowest BCUT2D eigenvalue weighted by Gasteiger charge is -2.32. The molecule has 2 rings (SSSR count). The third kappa shape index (κ3) is 4.50. The zero-order valence-electron chi connectivity index (χ0n) is 13.9. The van der Waals surface area contributed by atoms with Gasteiger partial charge in [0.25, 0.3) is 0 Å². The van der Waals surface area contributed by atoms with Crippen LogP contribution in [0.25, 0.3) is 0 Å². The van der Waals surface area contributed by atoms with Crippen LogP contribution in [-0.4, -0.2) is 52.2 Å². The molecule has 2 amide bonds. The van der Waals surface area contributed by atoms with E-state index in [0.29, 0.717) is 28.2 Å². The van der Waals surface area contributed by atoms with Crippen molar-refractivity contribution in [1.82, 2.24) is 20.0 Å². The minimum Gasteiger partial charge on any atom is -0.369 e. The first-order chi connectivity index (χ1) is 11.3. The number of rotatable bonds is 6. The maximum Gasteiger partial charge on any atom is 0.333 e. The molecular weight excluding hydrogens is 320 g/mol. The van der Waals surface area contributed by atoms with Gasteiger partial charge in [-0.1, -0.05) is 0 Å². The Morgan fingerprint density at radius 2 is 2.12 bits per heavy atom. The molecule has 2 heterocycles. The number of nitrogens with zero attached hydrogens (tertiary/aromatic N) is 3. The Kier molecular flexibility index (Phi) is 5.87. The number of hydrogen-bond donors (Lipinski definition) is 2. The van der Waals surface area contributed by atoms with Gasteiger partial charge in [-0.05, 0) is 33.2 Å². The van der Waals surface area contributed by atoms with Crippen LogP contribution in [0, 0.1) is 13.8 Å². The van der Waals surface area contributed by atoms with Gasteiger partial charge in [0.2, 0.25) is 11.8 Å². The summed E-state index contributed by atoms with van der Waals surface area (Å²) in [4.78, 5) is 25.1. The van der Waals surface area contributed by atoms with Gasteiger partial charge in [-0.3, -0.25) is 14.5 Å². The molecule has 0 aliphatic carbocycles. The van der Waals surface area contributed by atoms with Crippen molar-refractivity contribution in [2.24, 2.45) is 5.73 Å². The molecule has 1 atom stereocenters. The van der Waals surface area contributed by atoms with Crippen molar-refractivity contribution < 1.29 is 18.4 Å². The first kappa shape index (κ1) is 18.3. The number of piperidine rings is 1. The molecule has 134 valence electrons. The van der Waals surface area contributed by atoms with Crippen LogP contribution in [0.5, 0.6) is 0 Å². The van der Waals surface area contributed by atoms with Gasteiger partial charge in [-0.2, -0.15) is 13.9 Å². The maximum atomic E-state index is 12.8. The third-order valence-corrected chi connectivity index (χ3v) is 4.25. The monoisotopic (exact) mass is 343 g/mol. The van der Waals surface area contributed by atoms with E-state index >= 15 is 0 Å². The second-order valence-corrected chi connectivity index (χ2v) is 6.16. The first-order valence-corrected chi connectivity index (χ1v) is 7.90. The molecule has 1 aromatic rings. The van der Waals surface area contributed by atoms with Crippen LogP contribution in [0.2, 0.25) is 0 Å². The normalized spacial score (nSPS) is 18.8. The number of nitrogens with one attached hydrogen (secondary N) is 1. The molecule has 0 saturated carbocycles. The number of carbonyl (C=O) groups is 2. The van der Waals surface area contributed by atoms with Crippen molar-refractivity contribution in [2.75, 3.05) is 19.6 Å². The maximum absolute atomic E-state index is 12.8. The fraction of sp³-hybridized carbons (Fsp3) is 0.667. The molecule has 7 nitrogen and oxygen atoms in total. The number of halogens is 2. The standard InChI is InChI=1S/C15H23F2N5O2/c1-9-12(10(2)22(20-9)15(16)17)6-14(24)19-11-4-3-5-21(7-11)8-13(18)23/h11,15H,3-8H2,1-2H3,(H2,18,23)(H,19,24). The lowest BCUT2D eigenvalue weighted by Crippen LogP contribution is -2.50. The van der Waals surface area contributed by atoms with E-state index in [0.717, 1.165) is 19.4 Å². The van der Waals surface area contributed by atoms with E-state index < -0.39 is 12.5 Å². The summed E-state index contributed by atoms with van der Waals surface area (Å²) in [6, 6.07) is -0.0728. The molecule has 24 heavy (non-hydrogen) atoms. The summed E-state index contributed by atoms with van der Waals surface area (Å²) in [6.45, 7) is 1.93. The highest BCUT2D eigenvalue weighted by Gasteiger charge is 2.24. The van der Waals surface area contributed by atoms with Crippen molar-refractivity contribution in [3.63, 3.8) is 0 Å². The molecule has 0 radical (unpaired) electrons. The van der Waals surface area contributed by atoms with Gasteiger partial charge in [0.05, 0.1) is 18.7 Å². The van der Waals surface area contributed by atoms with E-state index in [4.69, 9.17) is 5.73 Å². The van der Waals surface area contributed by atoms with E-state index in [-0.39, 0.29) is 24.9 Å². The number of alkyl halides is 2. The topological polar surface area (TPSA) is 93.2 Å².